The van der Waals surface area contributed by atoms with Gasteiger partial charge in [-0.2, -0.15) is 4.98 Å². The van der Waals surface area contributed by atoms with Gasteiger partial charge in [0.15, 0.2) is 0 Å². The molecular formula is C26H32FN7O2. The fraction of sp³-hybridized carbons (Fsp3) is 0.538. The highest BCUT2D eigenvalue weighted by Gasteiger charge is 2.56. The molecule has 1 atom stereocenters. The number of anilines is 4. The van der Waals surface area contributed by atoms with Crippen molar-refractivity contribution in [1.29, 1.82) is 0 Å². The van der Waals surface area contributed by atoms with E-state index in [1.807, 2.05) is 6.07 Å². The third kappa shape index (κ3) is 3.87. The van der Waals surface area contributed by atoms with E-state index in [9.17, 15) is 9.59 Å². The molecule has 190 valence electrons. The molecule has 6 rings (SSSR count). The van der Waals surface area contributed by atoms with Gasteiger partial charge < -0.3 is 20.4 Å². The minimum absolute atomic E-state index is 0.0323. The van der Waals surface area contributed by atoms with Gasteiger partial charge in [-0.05, 0) is 44.5 Å². The van der Waals surface area contributed by atoms with E-state index in [0.29, 0.717) is 42.5 Å². The van der Waals surface area contributed by atoms with Gasteiger partial charge in [-0.25, -0.2) is 9.37 Å². The summed E-state index contributed by atoms with van der Waals surface area (Å²) in [6.45, 7) is 3.90. The fourth-order valence-corrected chi connectivity index (χ4v) is 6.08. The molecular weight excluding hydrogens is 461 g/mol. The Morgan fingerprint density at radius 1 is 1.14 bits per heavy atom. The van der Waals surface area contributed by atoms with Crippen LogP contribution in [0.25, 0.3) is 0 Å². The number of rotatable bonds is 4. The molecule has 0 radical (unpaired) electrons. The van der Waals surface area contributed by atoms with Crippen LogP contribution in [0.15, 0.2) is 24.4 Å². The van der Waals surface area contributed by atoms with Crippen LogP contribution in [0.5, 0.6) is 0 Å². The highest BCUT2D eigenvalue weighted by Crippen LogP contribution is 2.44. The molecule has 1 aliphatic carbocycles. The number of benzene rings is 1. The maximum Gasteiger partial charge on any atom is 0.244 e. The van der Waals surface area contributed by atoms with Gasteiger partial charge in [-0.3, -0.25) is 14.5 Å². The minimum Gasteiger partial charge on any atom is -0.367 e. The molecule has 1 aromatic carbocycles. The summed E-state index contributed by atoms with van der Waals surface area (Å²) >= 11 is 0. The third-order valence-electron chi connectivity index (χ3n) is 8.20. The molecule has 36 heavy (non-hydrogen) atoms. The first kappa shape index (κ1) is 23.1. The highest BCUT2D eigenvalue weighted by molar-refractivity contribution is 6.14. The van der Waals surface area contributed by atoms with Gasteiger partial charge in [0, 0.05) is 62.6 Å². The Bertz CT molecular complexity index is 1190. The maximum absolute atomic E-state index is 15.0. The second kappa shape index (κ2) is 8.99. The van der Waals surface area contributed by atoms with E-state index in [-0.39, 0.29) is 23.7 Å². The van der Waals surface area contributed by atoms with Gasteiger partial charge in [-0.15, -0.1) is 0 Å². The van der Waals surface area contributed by atoms with Gasteiger partial charge in [0.2, 0.25) is 17.8 Å². The van der Waals surface area contributed by atoms with Gasteiger partial charge in [0.1, 0.15) is 17.1 Å². The van der Waals surface area contributed by atoms with Crippen LogP contribution in [-0.4, -0.2) is 72.5 Å². The maximum atomic E-state index is 15.0. The molecule has 1 spiro atoms. The third-order valence-corrected chi connectivity index (χ3v) is 8.20. The van der Waals surface area contributed by atoms with Crippen LogP contribution in [0.4, 0.5) is 27.5 Å². The van der Waals surface area contributed by atoms with Crippen molar-refractivity contribution < 1.29 is 14.0 Å². The lowest BCUT2D eigenvalue weighted by molar-refractivity contribution is -0.140. The normalized spacial score (nSPS) is 24.9. The van der Waals surface area contributed by atoms with Crippen molar-refractivity contribution in [1.82, 2.24) is 20.2 Å². The highest BCUT2D eigenvalue weighted by atomic mass is 19.1. The molecule has 2 aromatic rings. The van der Waals surface area contributed by atoms with E-state index >= 15 is 4.39 Å². The zero-order valence-electron chi connectivity index (χ0n) is 20.6. The van der Waals surface area contributed by atoms with Crippen LogP contribution in [0.2, 0.25) is 0 Å². The SMILES string of the molecule is CN1CCN(c2ccc(Nc3ncc4c(n3)N(C3CCCC3)C(=O)[C@@]3(CCNC3=O)C4)cc2F)CC1. The zero-order valence-corrected chi connectivity index (χ0v) is 20.6. The monoisotopic (exact) mass is 493 g/mol. The molecule has 4 heterocycles. The summed E-state index contributed by atoms with van der Waals surface area (Å²) in [5.41, 5.74) is 0.890. The Balaban J connectivity index is 1.28. The van der Waals surface area contributed by atoms with E-state index in [2.05, 4.69) is 32.5 Å². The number of nitrogens with zero attached hydrogens (tertiary/aromatic N) is 5. The summed E-state index contributed by atoms with van der Waals surface area (Å²) in [7, 11) is 2.07. The molecule has 3 aliphatic heterocycles. The number of amides is 2. The Morgan fingerprint density at radius 3 is 2.61 bits per heavy atom. The van der Waals surface area contributed by atoms with Crippen molar-refractivity contribution in [2.75, 3.05) is 54.9 Å². The summed E-state index contributed by atoms with van der Waals surface area (Å²) in [6.07, 6.45) is 6.41. The second-order valence-corrected chi connectivity index (χ2v) is 10.5. The van der Waals surface area contributed by atoms with Crippen molar-refractivity contribution in [3.05, 3.63) is 35.8 Å². The van der Waals surface area contributed by atoms with Crippen molar-refractivity contribution >= 4 is 35.0 Å². The molecule has 0 unspecified atom stereocenters. The molecule has 10 heteroatoms. The summed E-state index contributed by atoms with van der Waals surface area (Å²) in [4.78, 5) is 41.8. The number of hydrogen-bond acceptors (Lipinski definition) is 7. The van der Waals surface area contributed by atoms with Crippen molar-refractivity contribution in [3.63, 3.8) is 0 Å². The molecule has 3 fully saturated rings. The summed E-state index contributed by atoms with van der Waals surface area (Å²) in [6, 6.07) is 5.12. The molecule has 2 saturated heterocycles. The number of likely N-dealkylation sites (N-methyl/N-ethyl adjacent to an activating group) is 1. The number of carbonyl (C=O) groups excluding carboxylic acids is 2. The lowest BCUT2D eigenvalue weighted by Crippen LogP contribution is -2.56. The Labute approximate surface area is 210 Å². The minimum atomic E-state index is -1.06. The van der Waals surface area contributed by atoms with Crippen LogP contribution in [0.1, 0.15) is 37.7 Å². The number of fused-ring (bicyclic) bond motifs is 1. The van der Waals surface area contributed by atoms with Gasteiger partial charge in [0.25, 0.3) is 0 Å². The van der Waals surface area contributed by atoms with Crippen LogP contribution in [0.3, 0.4) is 0 Å². The first-order valence-electron chi connectivity index (χ1n) is 12.9. The van der Waals surface area contributed by atoms with E-state index < -0.39 is 5.41 Å². The summed E-state index contributed by atoms with van der Waals surface area (Å²) in [5.74, 6) is 0.246. The standard InChI is InChI=1S/C26H32FN7O2/c1-32-10-12-33(13-11-32)21-7-6-18(14-20(21)27)30-25-29-16-17-15-26(8-9-28-23(26)35)24(36)34(22(17)31-25)19-4-2-3-5-19/h6-7,14,16,19H,2-5,8-13,15H2,1H3,(H,28,35)(H,29,30,31)/t26-/m0/s1. The second-order valence-electron chi connectivity index (χ2n) is 10.5. The number of hydrogen-bond donors (Lipinski definition) is 2. The largest absolute Gasteiger partial charge is 0.367 e. The van der Waals surface area contributed by atoms with Crippen molar-refractivity contribution in [2.45, 2.75) is 44.6 Å². The molecule has 2 N–H and O–H groups in total. The predicted octanol–water partition coefficient (Wildman–Crippen LogP) is 2.45. The smallest absolute Gasteiger partial charge is 0.244 e. The number of aromatic nitrogens is 2. The van der Waals surface area contributed by atoms with E-state index in [1.165, 1.54) is 6.07 Å². The summed E-state index contributed by atoms with van der Waals surface area (Å²) < 4.78 is 15.0. The topological polar surface area (TPSA) is 93.7 Å². The Hall–Kier alpha value is -3.27. The van der Waals surface area contributed by atoms with Gasteiger partial charge in [-0.1, -0.05) is 12.8 Å². The predicted molar refractivity (Wildman–Crippen MR) is 135 cm³/mol. The molecule has 1 saturated carbocycles. The average Bonchev–Trinajstić information content (AvgIpc) is 3.52. The number of piperazine rings is 1. The van der Waals surface area contributed by atoms with Gasteiger partial charge >= 0.3 is 0 Å². The van der Waals surface area contributed by atoms with E-state index in [4.69, 9.17) is 4.98 Å². The lowest BCUT2D eigenvalue weighted by Gasteiger charge is -2.40. The molecule has 9 nitrogen and oxygen atoms in total. The molecule has 4 aliphatic rings. The van der Waals surface area contributed by atoms with Crippen molar-refractivity contribution in [3.8, 4) is 0 Å². The number of nitrogens with one attached hydrogen (secondary N) is 2. The van der Waals surface area contributed by atoms with Crippen molar-refractivity contribution in [2.24, 2.45) is 5.41 Å². The van der Waals surface area contributed by atoms with Crippen LogP contribution in [-0.2, 0) is 16.0 Å². The van der Waals surface area contributed by atoms with Crippen LogP contribution in [0, 0.1) is 11.2 Å². The lowest BCUT2D eigenvalue weighted by atomic mass is 9.76. The van der Waals surface area contributed by atoms with E-state index in [1.54, 1.807) is 17.2 Å². The molecule has 0 bridgehead atoms. The quantitative estimate of drug-likeness (QED) is 0.632. The van der Waals surface area contributed by atoms with Crippen LogP contribution >= 0.6 is 0 Å². The number of carbonyl (C=O) groups is 2. The Morgan fingerprint density at radius 2 is 1.92 bits per heavy atom. The van der Waals surface area contributed by atoms with Crippen LogP contribution < -0.4 is 20.4 Å². The van der Waals surface area contributed by atoms with E-state index in [0.717, 1.165) is 57.4 Å². The van der Waals surface area contributed by atoms with Gasteiger partial charge in [0.05, 0.1) is 5.69 Å². The summed E-state index contributed by atoms with van der Waals surface area (Å²) in [5, 5.41) is 5.97. The number of halogens is 1. The Kier molecular flexibility index (Phi) is 5.78. The zero-order chi connectivity index (χ0) is 24.9. The molecule has 2 amide bonds. The fourth-order valence-electron chi connectivity index (χ4n) is 6.08. The first-order valence-corrected chi connectivity index (χ1v) is 12.9. The first-order chi connectivity index (χ1) is 17.4. The average molecular weight is 494 g/mol. The molecule has 1 aromatic heterocycles.